The maximum absolute atomic E-state index is 13.1. The minimum Gasteiger partial charge on any atom is -0.379 e. The first kappa shape index (κ1) is 22.0. The van der Waals surface area contributed by atoms with Crippen LogP contribution in [0.2, 0.25) is 0 Å². The molecule has 2 amide bonds. The number of carbonyl (C=O) groups is 2. The number of rotatable bonds is 8. The number of H-pyrrole nitrogens is 1. The second-order valence-corrected chi connectivity index (χ2v) is 8.19. The average Bonchev–Trinajstić information content (AvgIpc) is 3.21. The Morgan fingerprint density at radius 1 is 1.03 bits per heavy atom. The Bertz CT molecular complexity index is 1070. The van der Waals surface area contributed by atoms with Crippen LogP contribution >= 0.6 is 0 Å². The SMILES string of the molecule is CC(=O)N[C@H](Cc1c[nH]c2ccccc12)C(=O)NCc1ccccc1CN1CCOCC1. The van der Waals surface area contributed by atoms with E-state index in [-0.39, 0.29) is 11.8 Å². The Morgan fingerprint density at radius 2 is 1.75 bits per heavy atom. The van der Waals surface area contributed by atoms with Crippen molar-refractivity contribution in [2.45, 2.75) is 32.5 Å². The predicted octanol–water partition coefficient (Wildman–Crippen LogP) is 2.36. The van der Waals surface area contributed by atoms with E-state index in [0.29, 0.717) is 13.0 Å². The van der Waals surface area contributed by atoms with Crippen LogP contribution in [0, 0.1) is 0 Å². The summed E-state index contributed by atoms with van der Waals surface area (Å²) in [6, 6.07) is 15.5. The van der Waals surface area contributed by atoms with Gasteiger partial charge in [-0.2, -0.15) is 0 Å². The number of carbonyl (C=O) groups excluding carboxylic acids is 2. The summed E-state index contributed by atoms with van der Waals surface area (Å²) in [4.78, 5) is 30.4. The molecule has 32 heavy (non-hydrogen) atoms. The van der Waals surface area contributed by atoms with Crippen LogP contribution in [0.4, 0.5) is 0 Å². The van der Waals surface area contributed by atoms with Crippen LogP contribution in [0.3, 0.4) is 0 Å². The monoisotopic (exact) mass is 434 g/mol. The summed E-state index contributed by atoms with van der Waals surface area (Å²) >= 11 is 0. The molecule has 1 aromatic heterocycles. The van der Waals surface area contributed by atoms with Crippen molar-refractivity contribution >= 4 is 22.7 Å². The first-order valence-corrected chi connectivity index (χ1v) is 11.1. The standard InChI is InChI=1S/C25H30N4O3/c1-18(30)28-24(14-21-16-26-23-9-5-4-8-22(21)23)25(31)27-15-19-6-2-3-7-20(19)17-29-10-12-32-13-11-29/h2-9,16,24,26H,10-15,17H2,1H3,(H,27,31)(H,28,30)/t24-/m1/s1. The van der Waals surface area contributed by atoms with Crippen LogP contribution in [0.25, 0.3) is 10.9 Å². The van der Waals surface area contributed by atoms with E-state index in [9.17, 15) is 9.59 Å². The third kappa shape index (κ3) is 5.55. The van der Waals surface area contributed by atoms with Gasteiger partial charge in [0.1, 0.15) is 6.04 Å². The van der Waals surface area contributed by atoms with E-state index in [1.165, 1.54) is 12.5 Å². The van der Waals surface area contributed by atoms with E-state index in [0.717, 1.165) is 54.9 Å². The Hall–Kier alpha value is -3.16. The zero-order valence-corrected chi connectivity index (χ0v) is 18.4. The number of para-hydroxylation sites is 1. The van der Waals surface area contributed by atoms with Crippen molar-refractivity contribution in [3.05, 3.63) is 71.4 Å². The summed E-state index contributed by atoms with van der Waals surface area (Å²) in [6.45, 7) is 6.03. The Labute approximate surface area is 188 Å². The number of morpholine rings is 1. The summed E-state index contributed by atoms with van der Waals surface area (Å²) in [5.41, 5.74) is 4.30. The molecule has 7 heteroatoms. The van der Waals surface area contributed by atoms with Crippen molar-refractivity contribution in [3.63, 3.8) is 0 Å². The minimum absolute atomic E-state index is 0.188. The highest BCUT2D eigenvalue weighted by Crippen LogP contribution is 2.19. The highest BCUT2D eigenvalue weighted by Gasteiger charge is 2.22. The van der Waals surface area contributed by atoms with Gasteiger partial charge in [0.25, 0.3) is 0 Å². The summed E-state index contributed by atoms with van der Waals surface area (Å²) in [5.74, 6) is -0.413. The van der Waals surface area contributed by atoms with Crippen LogP contribution in [0.5, 0.6) is 0 Å². The number of nitrogens with one attached hydrogen (secondary N) is 3. The van der Waals surface area contributed by atoms with E-state index in [4.69, 9.17) is 4.74 Å². The number of hydrogen-bond acceptors (Lipinski definition) is 4. The van der Waals surface area contributed by atoms with Gasteiger partial charge in [0.05, 0.1) is 13.2 Å². The molecule has 3 N–H and O–H groups in total. The lowest BCUT2D eigenvalue weighted by molar-refractivity contribution is -0.128. The molecule has 2 heterocycles. The normalized spacial score (nSPS) is 15.4. The first-order chi connectivity index (χ1) is 15.6. The zero-order chi connectivity index (χ0) is 22.3. The van der Waals surface area contributed by atoms with Crippen LogP contribution in [-0.2, 0) is 33.8 Å². The van der Waals surface area contributed by atoms with E-state index >= 15 is 0 Å². The smallest absolute Gasteiger partial charge is 0.243 e. The summed E-state index contributed by atoms with van der Waals surface area (Å²) in [7, 11) is 0. The van der Waals surface area contributed by atoms with Gasteiger partial charge in [-0.25, -0.2) is 0 Å². The van der Waals surface area contributed by atoms with Crippen LogP contribution in [0.15, 0.2) is 54.7 Å². The van der Waals surface area contributed by atoms with E-state index in [1.54, 1.807) is 0 Å². The van der Waals surface area contributed by atoms with E-state index in [2.05, 4.69) is 26.6 Å². The Balaban J connectivity index is 1.43. The maximum atomic E-state index is 13.1. The van der Waals surface area contributed by atoms with E-state index < -0.39 is 6.04 Å². The molecule has 0 saturated carbocycles. The largest absolute Gasteiger partial charge is 0.379 e. The van der Waals surface area contributed by atoms with Crippen LogP contribution in [-0.4, -0.2) is 54.0 Å². The average molecular weight is 435 g/mol. The van der Waals surface area contributed by atoms with Crippen molar-refractivity contribution < 1.29 is 14.3 Å². The topological polar surface area (TPSA) is 86.5 Å². The van der Waals surface area contributed by atoms with Gasteiger partial charge in [0, 0.05) is 56.6 Å². The number of aromatic nitrogens is 1. The highest BCUT2D eigenvalue weighted by atomic mass is 16.5. The van der Waals surface area contributed by atoms with Crippen LogP contribution < -0.4 is 10.6 Å². The van der Waals surface area contributed by atoms with Crippen molar-refractivity contribution in [2.24, 2.45) is 0 Å². The van der Waals surface area contributed by atoms with Gasteiger partial charge in [0.2, 0.25) is 11.8 Å². The molecule has 4 rings (SSSR count). The molecular formula is C25H30N4O3. The molecule has 0 spiro atoms. The molecule has 1 aliphatic rings. The quantitative estimate of drug-likeness (QED) is 0.508. The molecule has 1 fully saturated rings. The van der Waals surface area contributed by atoms with Gasteiger partial charge >= 0.3 is 0 Å². The second-order valence-electron chi connectivity index (χ2n) is 8.19. The fraction of sp³-hybridized carbons (Fsp3) is 0.360. The van der Waals surface area contributed by atoms with Crippen molar-refractivity contribution in [1.82, 2.24) is 20.5 Å². The number of nitrogens with zero attached hydrogens (tertiary/aromatic N) is 1. The number of aromatic amines is 1. The molecule has 7 nitrogen and oxygen atoms in total. The maximum Gasteiger partial charge on any atom is 0.243 e. The Morgan fingerprint density at radius 3 is 2.53 bits per heavy atom. The second kappa shape index (κ2) is 10.4. The summed E-state index contributed by atoms with van der Waals surface area (Å²) in [6.07, 6.45) is 2.33. The molecule has 0 aliphatic carbocycles. The predicted molar refractivity (Wildman–Crippen MR) is 124 cm³/mol. The minimum atomic E-state index is -0.641. The zero-order valence-electron chi connectivity index (χ0n) is 18.4. The lowest BCUT2D eigenvalue weighted by atomic mass is 10.0. The van der Waals surface area contributed by atoms with Crippen molar-refractivity contribution in [1.29, 1.82) is 0 Å². The number of benzene rings is 2. The van der Waals surface area contributed by atoms with Gasteiger partial charge in [-0.3, -0.25) is 14.5 Å². The first-order valence-electron chi connectivity index (χ1n) is 11.1. The lowest BCUT2D eigenvalue weighted by Crippen LogP contribution is -2.47. The summed E-state index contributed by atoms with van der Waals surface area (Å²) < 4.78 is 5.44. The third-order valence-corrected chi connectivity index (χ3v) is 5.86. The van der Waals surface area contributed by atoms with Crippen LogP contribution in [0.1, 0.15) is 23.6 Å². The molecule has 0 bridgehead atoms. The Kier molecular flexibility index (Phi) is 7.19. The third-order valence-electron chi connectivity index (χ3n) is 5.86. The molecule has 2 aromatic carbocycles. The molecule has 1 aliphatic heterocycles. The molecule has 0 unspecified atom stereocenters. The van der Waals surface area contributed by atoms with E-state index in [1.807, 2.05) is 48.7 Å². The van der Waals surface area contributed by atoms with Gasteiger partial charge < -0.3 is 20.4 Å². The number of amides is 2. The number of hydrogen-bond donors (Lipinski definition) is 3. The number of fused-ring (bicyclic) bond motifs is 1. The fourth-order valence-corrected chi connectivity index (χ4v) is 4.16. The molecule has 1 saturated heterocycles. The van der Waals surface area contributed by atoms with Gasteiger partial charge in [-0.05, 0) is 22.8 Å². The molecule has 1 atom stereocenters. The molecular weight excluding hydrogens is 404 g/mol. The van der Waals surface area contributed by atoms with Gasteiger partial charge in [-0.1, -0.05) is 42.5 Å². The van der Waals surface area contributed by atoms with Crippen molar-refractivity contribution in [3.8, 4) is 0 Å². The molecule has 168 valence electrons. The summed E-state index contributed by atoms with van der Waals surface area (Å²) in [5, 5.41) is 6.91. The van der Waals surface area contributed by atoms with Gasteiger partial charge in [-0.15, -0.1) is 0 Å². The number of ether oxygens (including phenoxy) is 1. The van der Waals surface area contributed by atoms with Crippen molar-refractivity contribution in [2.75, 3.05) is 26.3 Å². The lowest BCUT2D eigenvalue weighted by Gasteiger charge is -2.27. The molecule has 3 aromatic rings. The molecule has 0 radical (unpaired) electrons. The highest BCUT2D eigenvalue weighted by molar-refractivity contribution is 5.89. The fourth-order valence-electron chi connectivity index (χ4n) is 4.16. The van der Waals surface area contributed by atoms with Gasteiger partial charge in [0.15, 0.2) is 0 Å².